The Morgan fingerprint density at radius 2 is 1.55 bits per heavy atom. The van der Waals surface area contributed by atoms with Gasteiger partial charge in [-0.3, -0.25) is 9.80 Å². The summed E-state index contributed by atoms with van der Waals surface area (Å²) in [6, 6.07) is 15.9. The SMILES string of the molecule is COc1ccc(-c2noc(CN3CCN(Cc4ccccc4OC)CC3)n2)cc1. The van der Waals surface area contributed by atoms with E-state index >= 15 is 0 Å². The molecule has 2 aromatic carbocycles. The van der Waals surface area contributed by atoms with Crippen molar-refractivity contribution in [2.45, 2.75) is 13.1 Å². The van der Waals surface area contributed by atoms with Gasteiger partial charge < -0.3 is 14.0 Å². The molecule has 0 spiro atoms. The molecule has 0 atom stereocenters. The lowest BCUT2D eigenvalue weighted by Gasteiger charge is -2.34. The van der Waals surface area contributed by atoms with Gasteiger partial charge in [0.2, 0.25) is 11.7 Å². The molecule has 0 bridgehead atoms. The zero-order valence-electron chi connectivity index (χ0n) is 16.9. The Kier molecular flexibility index (Phi) is 6.07. The fourth-order valence-corrected chi connectivity index (χ4v) is 3.55. The number of hydrogen-bond donors (Lipinski definition) is 0. The van der Waals surface area contributed by atoms with Gasteiger partial charge in [0.25, 0.3) is 0 Å². The normalized spacial score (nSPS) is 15.4. The van der Waals surface area contributed by atoms with E-state index in [0.29, 0.717) is 18.3 Å². The standard InChI is InChI=1S/C22H26N4O3/c1-27-19-9-7-17(8-10-19)22-23-21(29-24-22)16-26-13-11-25(12-14-26)15-18-5-3-4-6-20(18)28-2/h3-10H,11-16H2,1-2H3. The molecule has 3 aromatic rings. The number of aromatic nitrogens is 2. The highest BCUT2D eigenvalue weighted by molar-refractivity contribution is 5.55. The summed E-state index contributed by atoms with van der Waals surface area (Å²) in [5.74, 6) is 3.02. The average Bonchev–Trinajstić information content (AvgIpc) is 3.24. The van der Waals surface area contributed by atoms with Gasteiger partial charge in [0.1, 0.15) is 11.5 Å². The van der Waals surface area contributed by atoms with Crippen molar-refractivity contribution < 1.29 is 14.0 Å². The predicted molar refractivity (Wildman–Crippen MR) is 110 cm³/mol. The maximum Gasteiger partial charge on any atom is 0.241 e. The molecule has 4 rings (SSSR count). The first-order valence-electron chi connectivity index (χ1n) is 9.79. The monoisotopic (exact) mass is 394 g/mol. The first-order valence-corrected chi connectivity index (χ1v) is 9.79. The summed E-state index contributed by atoms with van der Waals surface area (Å²) in [6.07, 6.45) is 0. The van der Waals surface area contributed by atoms with Crippen LogP contribution in [0.15, 0.2) is 53.1 Å². The van der Waals surface area contributed by atoms with Crippen molar-refractivity contribution in [3.63, 3.8) is 0 Å². The van der Waals surface area contributed by atoms with E-state index in [4.69, 9.17) is 14.0 Å². The first-order chi connectivity index (χ1) is 14.2. The van der Waals surface area contributed by atoms with Crippen LogP contribution in [0.4, 0.5) is 0 Å². The summed E-state index contributed by atoms with van der Waals surface area (Å²) in [5, 5.41) is 4.12. The average molecular weight is 394 g/mol. The van der Waals surface area contributed by atoms with E-state index in [2.05, 4.69) is 32.1 Å². The number of rotatable bonds is 7. The molecule has 0 saturated carbocycles. The number of hydrogen-bond acceptors (Lipinski definition) is 7. The van der Waals surface area contributed by atoms with E-state index in [1.54, 1.807) is 14.2 Å². The molecule has 1 saturated heterocycles. The van der Waals surface area contributed by atoms with Gasteiger partial charge in [-0.15, -0.1) is 0 Å². The number of nitrogens with zero attached hydrogens (tertiary/aromatic N) is 4. The summed E-state index contributed by atoms with van der Waals surface area (Å²) >= 11 is 0. The second-order valence-corrected chi connectivity index (χ2v) is 7.10. The van der Waals surface area contributed by atoms with Gasteiger partial charge in [-0.1, -0.05) is 23.4 Å². The molecular weight excluding hydrogens is 368 g/mol. The molecule has 1 aliphatic rings. The quantitative estimate of drug-likeness (QED) is 0.610. The third-order valence-electron chi connectivity index (χ3n) is 5.23. The van der Waals surface area contributed by atoms with E-state index in [9.17, 15) is 0 Å². The molecule has 0 N–H and O–H groups in total. The fourth-order valence-electron chi connectivity index (χ4n) is 3.55. The molecule has 2 heterocycles. The molecule has 0 unspecified atom stereocenters. The van der Waals surface area contributed by atoms with E-state index in [0.717, 1.165) is 49.8 Å². The Hall–Kier alpha value is -2.90. The third-order valence-corrected chi connectivity index (χ3v) is 5.23. The van der Waals surface area contributed by atoms with Crippen LogP contribution in [0.2, 0.25) is 0 Å². The Labute approximate surface area is 170 Å². The lowest BCUT2D eigenvalue weighted by molar-refractivity contribution is 0.111. The molecule has 0 amide bonds. The molecule has 0 radical (unpaired) electrons. The minimum Gasteiger partial charge on any atom is -0.497 e. The minimum atomic E-state index is 0.609. The number of methoxy groups -OCH3 is 2. The second kappa shape index (κ2) is 9.07. The molecule has 1 aromatic heterocycles. The summed E-state index contributed by atoms with van der Waals surface area (Å²) in [4.78, 5) is 9.35. The van der Waals surface area contributed by atoms with E-state index in [1.165, 1.54) is 5.56 Å². The lowest BCUT2D eigenvalue weighted by Crippen LogP contribution is -2.45. The fraction of sp³-hybridized carbons (Fsp3) is 0.364. The number of piperazine rings is 1. The molecule has 1 aliphatic heterocycles. The van der Waals surface area contributed by atoms with Crippen molar-refractivity contribution in [2.24, 2.45) is 0 Å². The maximum absolute atomic E-state index is 5.47. The van der Waals surface area contributed by atoms with Crippen LogP contribution < -0.4 is 9.47 Å². The Bertz CT molecular complexity index is 918. The highest BCUT2D eigenvalue weighted by Gasteiger charge is 2.20. The summed E-state index contributed by atoms with van der Waals surface area (Å²) < 4.78 is 16.1. The zero-order chi connectivity index (χ0) is 20.1. The topological polar surface area (TPSA) is 63.9 Å². The molecule has 29 heavy (non-hydrogen) atoms. The number of para-hydroxylation sites is 1. The number of benzene rings is 2. The smallest absolute Gasteiger partial charge is 0.241 e. The molecular formula is C22H26N4O3. The van der Waals surface area contributed by atoms with E-state index in [-0.39, 0.29) is 0 Å². The van der Waals surface area contributed by atoms with E-state index < -0.39 is 0 Å². The van der Waals surface area contributed by atoms with Gasteiger partial charge in [-0.2, -0.15) is 4.98 Å². The van der Waals surface area contributed by atoms with Crippen molar-refractivity contribution in [1.29, 1.82) is 0 Å². The zero-order valence-corrected chi connectivity index (χ0v) is 16.9. The maximum atomic E-state index is 5.47. The van der Waals surface area contributed by atoms with Crippen LogP contribution in [0.5, 0.6) is 11.5 Å². The summed E-state index contributed by atoms with van der Waals surface area (Å²) in [7, 11) is 3.37. The van der Waals surface area contributed by atoms with Crippen molar-refractivity contribution in [3.8, 4) is 22.9 Å². The number of ether oxygens (including phenoxy) is 2. The van der Waals surface area contributed by atoms with Gasteiger partial charge >= 0.3 is 0 Å². The van der Waals surface area contributed by atoms with Crippen LogP contribution in [0, 0.1) is 0 Å². The van der Waals surface area contributed by atoms with Crippen LogP contribution in [-0.2, 0) is 13.1 Å². The Balaban J connectivity index is 1.30. The second-order valence-electron chi connectivity index (χ2n) is 7.10. The summed E-state index contributed by atoms with van der Waals surface area (Å²) in [6.45, 7) is 5.51. The largest absolute Gasteiger partial charge is 0.497 e. The highest BCUT2D eigenvalue weighted by atomic mass is 16.5. The molecule has 7 nitrogen and oxygen atoms in total. The van der Waals surface area contributed by atoms with Crippen molar-refractivity contribution in [2.75, 3.05) is 40.4 Å². The summed E-state index contributed by atoms with van der Waals surface area (Å²) in [5.41, 5.74) is 2.15. The Morgan fingerprint density at radius 3 is 2.24 bits per heavy atom. The predicted octanol–water partition coefficient (Wildman–Crippen LogP) is 3.07. The van der Waals surface area contributed by atoms with Gasteiger partial charge in [-0.05, 0) is 30.3 Å². The van der Waals surface area contributed by atoms with Crippen molar-refractivity contribution >= 4 is 0 Å². The third kappa shape index (κ3) is 4.75. The molecule has 1 fully saturated rings. The van der Waals surface area contributed by atoms with Crippen molar-refractivity contribution in [1.82, 2.24) is 19.9 Å². The lowest BCUT2D eigenvalue weighted by atomic mass is 10.1. The van der Waals surface area contributed by atoms with Gasteiger partial charge in [0, 0.05) is 43.9 Å². The highest BCUT2D eigenvalue weighted by Crippen LogP contribution is 2.22. The van der Waals surface area contributed by atoms with Crippen LogP contribution in [-0.4, -0.2) is 60.3 Å². The van der Waals surface area contributed by atoms with Crippen LogP contribution in [0.1, 0.15) is 11.5 Å². The van der Waals surface area contributed by atoms with Crippen LogP contribution in [0.25, 0.3) is 11.4 Å². The van der Waals surface area contributed by atoms with Gasteiger partial charge in [0.15, 0.2) is 0 Å². The van der Waals surface area contributed by atoms with E-state index in [1.807, 2.05) is 36.4 Å². The molecule has 0 aliphatic carbocycles. The minimum absolute atomic E-state index is 0.609. The molecule has 7 heteroatoms. The Morgan fingerprint density at radius 1 is 0.862 bits per heavy atom. The van der Waals surface area contributed by atoms with Crippen LogP contribution in [0.3, 0.4) is 0 Å². The van der Waals surface area contributed by atoms with Crippen LogP contribution >= 0.6 is 0 Å². The van der Waals surface area contributed by atoms with Crippen molar-refractivity contribution in [3.05, 3.63) is 60.0 Å². The molecule has 152 valence electrons. The van der Waals surface area contributed by atoms with Gasteiger partial charge in [-0.25, -0.2) is 0 Å². The van der Waals surface area contributed by atoms with Gasteiger partial charge in [0.05, 0.1) is 20.8 Å². The first kappa shape index (κ1) is 19.4.